The number of aliphatic hydroxyl groups is 1. The molecule has 14 heavy (non-hydrogen) atoms. The Balaban J connectivity index is 3.04. The van der Waals surface area contributed by atoms with Crippen LogP contribution >= 0.6 is 0 Å². The van der Waals surface area contributed by atoms with Crippen molar-refractivity contribution in [3.8, 4) is 5.75 Å². The summed E-state index contributed by atoms with van der Waals surface area (Å²) in [4.78, 5) is 0. The summed E-state index contributed by atoms with van der Waals surface area (Å²) < 4.78 is 0. The largest absolute Gasteiger partial charge is 0.507 e. The Morgan fingerprint density at radius 1 is 1.29 bits per heavy atom. The Kier molecular flexibility index (Phi) is 2.96. The second-order valence-corrected chi connectivity index (χ2v) is 3.95. The zero-order valence-corrected chi connectivity index (χ0v) is 8.78. The van der Waals surface area contributed by atoms with Gasteiger partial charge in [0.1, 0.15) is 5.75 Å². The van der Waals surface area contributed by atoms with Crippen molar-refractivity contribution in [2.45, 2.75) is 26.4 Å². The van der Waals surface area contributed by atoms with Crippen molar-refractivity contribution in [2.24, 2.45) is 0 Å². The third-order valence-corrected chi connectivity index (χ3v) is 2.27. The summed E-state index contributed by atoms with van der Waals surface area (Å²) >= 11 is 0. The fourth-order valence-electron chi connectivity index (χ4n) is 1.02. The maximum atomic E-state index is 9.69. The minimum atomic E-state index is -0.845. The smallest absolute Gasteiger partial charge is 0.122 e. The molecule has 2 heteroatoms. The minimum absolute atomic E-state index is 0.232. The molecule has 0 aliphatic rings. The van der Waals surface area contributed by atoms with E-state index in [0.29, 0.717) is 0 Å². The van der Waals surface area contributed by atoms with Gasteiger partial charge < -0.3 is 10.2 Å². The molecular formula is C12H16O2. The first-order valence-electron chi connectivity index (χ1n) is 4.60. The molecule has 0 fully saturated rings. The molecular weight excluding hydrogens is 176 g/mol. The van der Waals surface area contributed by atoms with Crippen LogP contribution in [-0.2, 0) is 0 Å². The van der Waals surface area contributed by atoms with Crippen LogP contribution in [0, 0.1) is 0 Å². The highest BCUT2D eigenvalue weighted by Crippen LogP contribution is 2.23. The van der Waals surface area contributed by atoms with Gasteiger partial charge >= 0.3 is 0 Å². The molecule has 0 aliphatic heterocycles. The highest BCUT2D eigenvalue weighted by atomic mass is 16.3. The second-order valence-electron chi connectivity index (χ2n) is 3.95. The molecule has 0 spiro atoms. The van der Waals surface area contributed by atoms with Gasteiger partial charge in [-0.25, -0.2) is 0 Å². The van der Waals surface area contributed by atoms with E-state index in [9.17, 15) is 10.2 Å². The van der Waals surface area contributed by atoms with Crippen LogP contribution in [0.2, 0.25) is 0 Å². The van der Waals surface area contributed by atoms with E-state index in [2.05, 4.69) is 0 Å². The summed E-state index contributed by atoms with van der Waals surface area (Å²) in [5.41, 5.74) is 0.702. The number of rotatable bonds is 2. The van der Waals surface area contributed by atoms with Crippen LogP contribution in [-0.4, -0.2) is 15.8 Å². The third kappa shape index (κ3) is 2.60. The van der Waals surface area contributed by atoms with E-state index in [1.807, 2.05) is 19.1 Å². The van der Waals surface area contributed by atoms with Crippen molar-refractivity contribution in [3.05, 3.63) is 35.4 Å². The minimum Gasteiger partial charge on any atom is -0.507 e. The molecule has 0 heterocycles. The van der Waals surface area contributed by atoms with E-state index >= 15 is 0 Å². The Bertz CT molecular complexity index is 346. The van der Waals surface area contributed by atoms with Crippen molar-refractivity contribution >= 4 is 6.08 Å². The van der Waals surface area contributed by atoms with Crippen LogP contribution in [0.15, 0.2) is 29.8 Å². The van der Waals surface area contributed by atoms with Crippen LogP contribution in [0.25, 0.3) is 6.08 Å². The predicted molar refractivity (Wildman–Crippen MR) is 58.1 cm³/mol. The molecule has 2 nitrogen and oxygen atoms in total. The normalized spacial score (nSPS) is 13.0. The lowest BCUT2D eigenvalue weighted by Crippen LogP contribution is -2.19. The summed E-state index contributed by atoms with van der Waals surface area (Å²) in [6.45, 7) is 5.28. The molecule has 76 valence electrons. The monoisotopic (exact) mass is 192 g/mol. The Hall–Kier alpha value is -1.28. The van der Waals surface area contributed by atoms with Gasteiger partial charge in [0.2, 0.25) is 0 Å². The number of benzene rings is 1. The van der Waals surface area contributed by atoms with Gasteiger partial charge in [-0.1, -0.05) is 18.2 Å². The van der Waals surface area contributed by atoms with Gasteiger partial charge in [-0.3, -0.25) is 0 Å². The molecule has 0 bridgehead atoms. The van der Waals surface area contributed by atoms with Crippen LogP contribution < -0.4 is 0 Å². The highest BCUT2D eigenvalue weighted by Gasteiger charge is 2.14. The summed E-state index contributed by atoms with van der Waals surface area (Å²) in [5.74, 6) is 0.232. The van der Waals surface area contributed by atoms with Crippen LogP contribution in [0.4, 0.5) is 0 Å². The van der Waals surface area contributed by atoms with Crippen LogP contribution in [0.1, 0.15) is 26.3 Å². The van der Waals surface area contributed by atoms with Crippen molar-refractivity contribution in [1.29, 1.82) is 0 Å². The molecule has 1 aromatic carbocycles. The SMILES string of the molecule is CC(=Cc1ccccc1O)C(C)(C)O. The molecule has 1 aromatic rings. The lowest BCUT2D eigenvalue weighted by atomic mass is 9.97. The molecule has 0 aromatic heterocycles. The number of phenols is 1. The topological polar surface area (TPSA) is 40.5 Å². The van der Waals surface area contributed by atoms with E-state index in [0.717, 1.165) is 11.1 Å². The quantitative estimate of drug-likeness (QED) is 0.756. The number of aromatic hydroxyl groups is 1. The van der Waals surface area contributed by atoms with Gasteiger partial charge in [-0.2, -0.15) is 0 Å². The molecule has 0 saturated heterocycles. The zero-order chi connectivity index (χ0) is 10.8. The van der Waals surface area contributed by atoms with Crippen LogP contribution in [0.5, 0.6) is 5.75 Å². The average Bonchev–Trinajstić information content (AvgIpc) is 2.07. The first kappa shape index (κ1) is 10.8. The molecule has 1 rings (SSSR count). The maximum absolute atomic E-state index is 9.69. The van der Waals surface area contributed by atoms with Crippen molar-refractivity contribution < 1.29 is 10.2 Å². The Morgan fingerprint density at radius 2 is 1.86 bits per heavy atom. The van der Waals surface area contributed by atoms with Gasteiger partial charge in [-0.15, -0.1) is 0 Å². The van der Waals surface area contributed by atoms with Gasteiger partial charge in [0.05, 0.1) is 5.60 Å². The molecule has 2 N–H and O–H groups in total. The lowest BCUT2D eigenvalue weighted by molar-refractivity contribution is 0.121. The molecule has 0 aliphatic carbocycles. The van der Waals surface area contributed by atoms with Gasteiger partial charge in [0.25, 0.3) is 0 Å². The Morgan fingerprint density at radius 3 is 2.36 bits per heavy atom. The zero-order valence-electron chi connectivity index (χ0n) is 8.78. The maximum Gasteiger partial charge on any atom is 0.122 e. The molecule has 0 atom stereocenters. The summed E-state index contributed by atoms with van der Waals surface area (Å²) in [6, 6.07) is 7.06. The van der Waals surface area contributed by atoms with Crippen molar-refractivity contribution in [2.75, 3.05) is 0 Å². The molecule has 0 saturated carbocycles. The van der Waals surface area contributed by atoms with Gasteiger partial charge in [0, 0.05) is 5.56 Å². The number of hydrogen-bond donors (Lipinski definition) is 2. The fourth-order valence-corrected chi connectivity index (χ4v) is 1.02. The van der Waals surface area contributed by atoms with E-state index in [-0.39, 0.29) is 5.75 Å². The predicted octanol–water partition coefficient (Wildman–Crippen LogP) is 2.57. The van der Waals surface area contributed by atoms with Crippen LogP contribution in [0.3, 0.4) is 0 Å². The first-order chi connectivity index (χ1) is 6.41. The number of hydrogen-bond acceptors (Lipinski definition) is 2. The highest BCUT2D eigenvalue weighted by molar-refractivity contribution is 5.60. The Labute approximate surface area is 84.5 Å². The van der Waals surface area contributed by atoms with Gasteiger partial charge in [-0.05, 0) is 38.5 Å². The number of para-hydroxylation sites is 1. The van der Waals surface area contributed by atoms with E-state index in [4.69, 9.17) is 0 Å². The molecule has 0 amide bonds. The summed E-state index contributed by atoms with van der Waals surface area (Å²) in [6.07, 6.45) is 1.79. The van der Waals surface area contributed by atoms with Crippen molar-refractivity contribution in [1.82, 2.24) is 0 Å². The average molecular weight is 192 g/mol. The standard InChI is InChI=1S/C12H16O2/c1-9(12(2,3)14)8-10-6-4-5-7-11(10)13/h4-8,13-14H,1-3H3. The van der Waals surface area contributed by atoms with Gasteiger partial charge in [0.15, 0.2) is 0 Å². The molecule has 0 unspecified atom stereocenters. The van der Waals surface area contributed by atoms with E-state index in [1.54, 1.807) is 32.1 Å². The first-order valence-corrected chi connectivity index (χ1v) is 4.60. The second kappa shape index (κ2) is 3.84. The summed E-state index contributed by atoms with van der Waals surface area (Å²) in [7, 11) is 0. The lowest BCUT2D eigenvalue weighted by Gasteiger charge is -2.18. The summed E-state index contributed by atoms with van der Waals surface area (Å²) in [5, 5.41) is 19.2. The fraction of sp³-hybridized carbons (Fsp3) is 0.333. The number of phenolic OH excluding ortho intramolecular Hbond substituents is 1. The molecule has 0 radical (unpaired) electrons. The van der Waals surface area contributed by atoms with Crippen molar-refractivity contribution in [3.63, 3.8) is 0 Å². The van der Waals surface area contributed by atoms with E-state index < -0.39 is 5.60 Å². The van der Waals surface area contributed by atoms with E-state index in [1.165, 1.54) is 0 Å². The third-order valence-electron chi connectivity index (χ3n) is 2.27.